The number of aliphatic hydroxyl groups excluding tert-OH is 1. The quantitative estimate of drug-likeness (QED) is 0.255. The molecule has 0 aromatic carbocycles. The van der Waals surface area contributed by atoms with E-state index in [4.69, 9.17) is 4.74 Å². The second-order valence-corrected chi connectivity index (χ2v) is 6.95. The number of hydrogen-bond donors (Lipinski definition) is 4. The van der Waals surface area contributed by atoms with Gasteiger partial charge in [-0.15, -0.1) is 0 Å². The van der Waals surface area contributed by atoms with Crippen molar-refractivity contribution in [2.45, 2.75) is 38.6 Å². The van der Waals surface area contributed by atoms with Crippen molar-refractivity contribution in [1.29, 1.82) is 0 Å². The third-order valence-corrected chi connectivity index (χ3v) is 4.21. The molecule has 0 aliphatic carbocycles. The highest BCUT2D eigenvalue weighted by Crippen LogP contribution is 2.03. The van der Waals surface area contributed by atoms with Crippen molar-refractivity contribution < 1.29 is 24.5 Å². The first-order valence-electron chi connectivity index (χ1n) is 7.60. The third-order valence-electron chi connectivity index (χ3n) is 2.69. The molecule has 1 atom stereocenters. The Morgan fingerprint density at radius 3 is 2.22 bits per heavy atom. The van der Waals surface area contributed by atoms with Crippen molar-refractivity contribution in [3.8, 4) is 0 Å². The van der Waals surface area contributed by atoms with E-state index >= 15 is 0 Å². The molecule has 0 saturated heterocycles. The molecule has 136 valence electrons. The smallest absolute Gasteiger partial charge is 0.222 e. The molecule has 1 unspecified atom stereocenters. The molecule has 0 saturated carbocycles. The zero-order valence-corrected chi connectivity index (χ0v) is 15.4. The average molecular weight is 369 g/mol. The highest BCUT2D eigenvalue weighted by Gasteiger charge is 2.20. The first-order chi connectivity index (χ1) is 11.0. The standard InChI is InChI=1S/C14H28N2O5S2/c1-3-4-11(17)15-13(14(19)20)16-12(18)5-8-23-10-7-21-6-9-22-2/h13-14,19-20H,3-10H2,1-2H3,(H,15,17)(H,16,18). The lowest BCUT2D eigenvalue weighted by molar-refractivity contribution is -0.133. The van der Waals surface area contributed by atoms with Crippen LogP contribution >= 0.6 is 23.5 Å². The Hall–Kier alpha value is -0.480. The summed E-state index contributed by atoms with van der Waals surface area (Å²) in [6, 6.07) is 0. The lowest BCUT2D eigenvalue weighted by Crippen LogP contribution is -2.54. The Labute approximate surface area is 146 Å². The summed E-state index contributed by atoms with van der Waals surface area (Å²) in [6.45, 7) is 3.22. The molecule has 4 N–H and O–H groups in total. The zero-order chi connectivity index (χ0) is 17.5. The van der Waals surface area contributed by atoms with E-state index in [1.165, 1.54) is 0 Å². The van der Waals surface area contributed by atoms with E-state index < -0.39 is 12.5 Å². The molecule has 0 bridgehead atoms. The number of aliphatic hydroxyl groups is 2. The van der Waals surface area contributed by atoms with E-state index in [2.05, 4.69) is 10.6 Å². The fourth-order valence-corrected chi connectivity index (χ4v) is 2.59. The summed E-state index contributed by atoms with van der Waals surface area (Å²) < 4.78 is 5.39. The van der Waals surface area contributed by atoms with E-state index in [1.54, 1.807) is 23.5 Å². The number of rotatable bonds is 14. The largest absolute Gasteiger partial charge is 0.380 e. The van der Waals surface area contributed by atoms with Crippen molar-refractivity contribution in [3.05, 3.63) is 0 Å². The predicted octanol–water partition coefficient (Wildman–Crippen LogP) is 0.159. The summed E-state index contributed by atoms with van der Waals surface area (Å²) in [7, 11) is 0. The van der Waals surface area contributed by atoms with Crippen molar-refractivity contribution in [2.75, 3.05) is 36.7 Å². The number of carbonyl (C=O) groups excluding carboxylic acids is 2. The van der Waals surface area contributed by atoms with E-state index in [9.17, 15) is 19.8 Å². The molecule has 0 radical (unpaired) electrons. The van der Waals surface area contributed by atoms with Crippen LogP contribution in [0.2, 0.25) is 0 Å². The summed E-state index contributed by atoms with van der Waals surface area (Å²) in [5.74, 6) is 1.72. The topological polar surface area (TPSA) is 108 Å². The lowest BCUT2D eigenvalue weighted by Gasteiger charge is -2.21. The van der Waals surface area contributed by atoms with Crippen LogP contribution in [-0.2, 0) is 14.3 Å². The van der Waals surface area contributed by atoms with E-state index in [0.29, 0.717) is 18.8 Å². The van der Waals surface area contributed by atoms with Gasteiger partial charge in [0.15, 0.2) is 12.5 Å². The highest BCUT2D eigenvalue weighted by molar-refractivity contribution is 7.99. The van der Waals surface area contributed by atoms with Crippen LogP contribution in [0.3, 0.4) is 0 Å². The third kappa shape index (κ3) is 13.6. The molecule has 0 aromatic rings. The van der Waals surface area contributed by atoms with E-state index in [0.717, 1.165) is 18.1 Å². The molecule has 2 amide bonds. The predicted molar refractivity (Wildman–Crippen MR) is 94.4 cm³/mol. The minimum absolute atomic E-state index is 0.238. The molecule has 23 heavy (non-hydrogen) atoms. The molecule has 0 aromatic heterocycles. The SMILES string of the molecule is CCCC(=O)NC(NC(=O)CCSCCOCCSC)C(O)O. The number of hydrogen-bond acceptors (Lipinski definition) is 7. The average Bonchev–Trinajstić information content (AvgIpc) is 2.49. The Balaban J connectivity index is 3.81. The van der Waals surface area contributed by atoms with Crippen LogP contribution in [0.25, 0.3) is 0 Å². The number of nitrogens with one attached hydrogen (secondary N) is 2. The van der Waals surface area contributed by atoms with Gasteiger partial charge in [0.25, 0.3) is 0 Å². The van der Waals surface area contributed by atoms with Crippen LogP contribution in [0, 0.1) is 0 Å². The fourth-order valence-electron chi connectivity index (χ4n) is 1.53. The first kappa shape index (κ1) is 22.5. The van der Waals surface area contributed by atoms with Gasteiger partial charge in [0.2, 0.25) is 11.8 Å². The summed E-state index contributed by atoms with van der Waals surface area (Å²) in [5, 5.41) is 23.2. The monoisotopic (exact) mass is 368 g/mol. The number of thioether (sulfide) groups is 2. The second kappa shape index (κ2) is 15.1. The maximum atomic E-state index is 11.7. The highest BCUT2D eigenvalue weighted by atomic mass is 32.2. The zero-order valence-electron chi connectivity index (χ0n) is 13.7. The van der Waals surface area contributed by atoms with E-state index in [-0.39, 0.29) is 24.7 Å². The molecular weight excluding hydrogens is 340 g/mol. The van der Waals surface area contributed by atoms with Crippen LogP contribution in [0.5, 0.6) is 0 Å². The van der Waals surface area contributed by atoms with Crippen LogP contribution < -0.4 is 10.6 Å². The Morgan fingerprint density at radius 1 is 1.04 bits per heavy atom. The normalized spacial score (nSPS) is 12.2. The molecule has 0 spiro atoms. The van der Waals surface area contributed by atoms with Gasteiger partial charge in [-0.1, -0.05) is 6.92 Å². The van der Waals surface area contributed by atoms with E-state index in [1.807, 2.05) is 13.2 Å². The minimum Gasteiger partial charge on any atom is -0.380 e. The van der Waals surface area contributed by atoms with Crippen molar-refractivity contribution in [2.24, 2.45) is 0 Å². The number of amides is 2. The van der Waals surface area contributed by atoms with Gasteiger partial charge in [-0.25, -0.2) is 0 Å². The van der Waals surface area contributed by atoms with Gasteiger partial charge in [-0.05, 0) is 12.7 Å². The number of carbonyl (C=O) groups is 2. The Morgan fingerprint density at radius 2 is 1.65 bits per heavy atom. The lowest BCUT2D eigenvalue weighted by atomic mass is 10.3. The summed E-state index contributed by atoms with van der Waals surface area (Å²) >= 11 is 3.33. The van der Waals surface area contributed by atoms with Crippen molar-refractivity contribution >= 4 is 35.3 Å². The summed E-state index contributed by atoms with van der Waals surface area (Å²) in [4.78, 5) is 23.2. The molecule has 9 heteroatoms. The van der Waals surface area contributed by atoms with Gasteiger partial charge in [0.1, 0.15) is 0 Å². The maximum Gasteiger partial charge on any atom is 0.222 e. The van der Waals surface area contributed by atoms with Crippen LogP contribution in [0.15, 0.2) is 0 Å². The maximum absolute atomic E-state index is 11.7. The van der Waals surface area contributed by atoms with Crippen molar-refractivity contribution in [3.63, 3.8) is 0 Å². The first-order valence-corrected chi connectivity index (χ1v) is 10.1. The fraction of sp³-hybridized carbons (Fsp3) is 0.857. The Kier molecular flexibility index (Phi) is 14.8. The Bertz CT molecular complexity index is 332. The molecule has 7 nitrogen and oxygen atoms in total. The molecule has 0 aliphatic rings. The minimum atomic E-state index is -1.84. The molecule has 0 rings (SSSR count). The molecule has 0 aliphatic heterocycles. The van der Waals surface area contributed by atoms with Crippen LogP contribution in [0.4, 0.5) is 0 Å². The van der Waals surface area contributed by atoms with Gasteiger partial charge in [-0.3, -0.25) is 9.59 Å². The van der Waals surface area contributed by atoms with Crippen LogP contribution in [-0.4, -0.2) is 71.2 Å². The van der Waals surface area contributed by atoms with Crippen molar-refractivity contribution in [1.82, 2.24) is 10.6 Å². The van der Waals surface area contributed by atoms with Crippen LogP contribution in [0.1, 0.15) is 26.2 Å². The second-order valence-electron chi connectivity index (χ2n) is 4.74. The summed E-state index contributed by atoms with van der Waals surface area (Å²) in [6.07, 6.45) is 0.161. The van der Waals surface area contributed by atoms with Gasteiger partial charge >= 0.3 is 0 Å². The van der Waals surface area contributed by atoms with Gasteiger partial charge < -0.3 is 25.6 Å². The molecule has 0 fully saturated rings. The van der Waals surface area contributed by atoms with Gasteiger partial charge in [0.05, 0.1) is 13.2 Å². The van der Waals surface area contributed by atoms with Gasteiger partial charge in [0, 0.05) is 30.1 Å². The number of ether oxygens (including phenoxy) is 1. The molecule has 0 heterocycles. The summed E-state index contributed by atoms with van der Waals surface area (Å²) in [5.41, 5.74) is 0. The van der Waals surface area contributed by atoms with Gasteiger partial charge in [-0.2, -0.15) is 23.5 Å². The molecular formula is C14H28N2O5S2.